The molecule has 0 saturated carbocycles. The van der Waals surface area contributed by atoms with Gasteiger partial charge in [-0.1, -0.05) is 18.2 Å². The molecule has 5 nitrogen and oxygen atoms in total. The number of hydrogen-bond acceptors (Lipinski definition) is 3. The third-order valence-electron chi connectivity index (χ3n) is 6.52. The fourth-order valence-electron chi connectivity index (χ4n) is 5.04. The van der Waals surface area contributed by atoms with Crippen LogP contribution in [-0.4, -0.2) is 27.9 Å². The summed E-state index contributed by atoms with van der Waals surface area (Å²) in [7, 11) is 1.41. The van der Waals surface area contributed by atoms with E-state index in [0.29, 0.717) is 12.8 Å². The number of carbonyl (C=O) groups is 1. The summed E-state index contributed by atoms with van der Waals surface area (Å²) >= 11 is 0. The van der Waals surface area contributed by atoms with Crippen molar-refractivity contribution in [2.75, 3.05) is 5.32 Å². The fraction of sp³-hybridized carbons (Fsp3) is 0.333. The van der Waals surface area contributed by atoms with Gasteiger partial charge in [-0.2, -0.15) is 18.3 Å². The summed E-state index contributed by atoms with van der Waals surface area (Å²) in [6.45, 7) is 0. The Morgan fingerprint density at radius 1 is 1.03 bits per heavy atom. The number of ether oxygens (including phenoxy) is 1. The van der Waals surface area contributed by atoms with Crippen molar-refractivity contribution in [1.82, 2.24) is 9.78 Å². The Morgan fingerprint density at radius 3 is 2.41 bits per heavy atom. The van der Waals surface area contributed by atoms with Crippen molar-refractivity contribution in [1.29, 1.82) is 0 Å². The Balaban J connectivity index is 1.40. The predicted octanol–water partition coefficient (Wildman–Crippen LogP) is 5.28. The Kier molecular flexibility index (Phi) is 5.43. The summed E-state index contributed by atoms with van der Waals surface area (Å²) in [5.74, 6) is -3.15. The van der Waals surface area contributed by atoms with Gasteiger partial charge in [-0.3, -0.25) is 9.48 Å². The van der Waals surface area contributed by atoms with Crippen molar-refractivity contribution < 1.29 is 31.5 Å². The molecule has 10 heteroatoms. The molecule has 4 atom stereocenters. The molecule has 2 saturated heterocycles. The van der Waals surface area contributed by atoms with E-state index in [-0.39, 0.29) is 22.5 Å². The molecule has 2 fully saturated rings. The van der Waals surface area contributed by atoms with E-state index in [9.17, 15) is 26.7 Å². The van der Waals surface area contributed by atoms with Crippen molar-refractivity contribution in [2.24, 2.45) is 13.0 Å². The largest absolute Gasteiger partial charge is 0.435 e. The second kappa shape index (κ2) is 8.19. The maximum Gasteiger partial charge on any atom is 0.435 e. The van der Waals surface area contributed by atoms with Crippen LogP contribution in [0.15, 0.2) is 48.5 Å². The van der Waals surface area contributed by atoms with Gasteiger partial charge in [0.05, 0.1) is 18.1 Å². The number of hydrogen-bond donors (Lipinski definition) is 1. The van der Waals surface area contributed by atoms with Crippen molar-refractivity contribution >= 4 is 11.6 Å². The lowest BCUT2D eigenvalue weighted by atomic mass is 9.76. The zero-order chi connectivity index (χ0) is 24.2. The number of rotatable bonds is 4. The number of aryl methyl sites for hydroxylation is 1. The molecule has 1 aromatic heterocycles. The number of alkyl halides is 3. The number of carbonyl (C=O) groups excluding carboxylic acids is 1. The average molecular weight is 477 g/mol. The summed E-state index contributed by atoms with van der Waals surface area (Å²) in [6.07, 6.45) is -4.25. The van der Waals surface area contributed by atoms with E-state index in [4.69, 9.17) is 4.74 Å². The van der Waals surface area contributed by atoms with Crippen LogP contribution in [0.4, 0.5) is 27.6 Å². The first-order valence-corrected chi connectivity index (χ1v) is 10.8. The maximum atomic E-state index is 14.7. The highest BCUT2D eigenvalue weighted by molar-refractivity contribution is 5.94. The van der Waals surface area contributed by atoms with Gasteiger partial charge in [0.1, 0.15) is 11.6 Å². The number of nitrogens with one attached hydrogen (secondary N) is 1. The molecule has 2 aliphatic heterocycles. The lowest BCUT2D eigenvalue weighted by molar-refractivity contribution is -0.141. The molecule has 3 heterocycles. The van der Waals surface area contributed by atoms with E-state index in [0.717, 1.165) is 16.8 Å². The van der Waals surface area contributed by atoms with Crippen molar-refractivity contribution in [3.63, 3.8) is 0 Å². The molecule has 0 aliphatic carbocycles. The van der Waals surface area contributed by atoms with E-state index in [2.05, 4.69) is 10.4 Å². The molecule has 2 aromatic carbocycles. The average Bonchev–Trinajstić information content (AvgIpc) is 3.48. The quantitative estimate of drug-likeness (QED) is 0.520. The number of benzene rings is 2. The molecule has 5 rings (SSSR count). The van der Waals surface area contributed by atoms with Crippen molar-refractivity contribution in [2.45, 2.75) is 37.1 Å². The first-order chi connectivity index (χ1) is 16.1. The SMILES string of the molecule is Cn1nc(C(F)(F)F)cc1C1C2CCC(O2)C1C(=O)Nc1ccc(-c2ccccc2F)c(F)c1. The lowest BCUT2D eigenvalue weighted by Gasteiger charge is -2.27. The van der Waals surface area contributed by atoms with Gasteiger partial charge in [-0.25, -0.2) is 8.78 Å². The van der Waals surface area contributed by atoms with E-state index < -0.39 is 53.5 Å². The minimum Gasteiger partial charge on any atom is -0.373 e. The normalized spacial score (nSPS) is 23.9. The fourth-order valence-corrected chi connectivity index (χ4v) is 5.04. The molecular weight excluding hydrogens is 457 g/mol. The highest BCUT2D eigenvalue weighted by Gasteiger charge is 2.54. The molecule has 0 spiro atoms. The lowest BCUT2D eigenvalue weighted by Crippen LogP contribution is -2.36. The van der Waals surface area contributed by atoms with Gasteiger partial charge in [0.15, 0.2) is 5.69 Å². The van der Waals surface area contributed by atoms with Gasteiger partial charge in [0, 0.05) is 35.5 Å². The molecule has 4 unspecified atom stereocenters. The molecule has 2 bridgehead atoms. The topological polar surface area (TPSA) is 56.2 Å². The predicted molar refractivity (Wildman–Crippen MR) is 113 cm³/mol. The molecule has 178 valence electrons. The summed E-state index contributed by atoms with van der Waals surface area (Å²) in [6, 6.07) is 10.6. The first-order valence-electron chi connectivity index (χ1n) is 10.8. The minimum atomic E-state index is -4.61. The highest BCUT2D eigenvalue weighted by Crippen LogP contribution is 2.49. The smallest absolute Gasteiger partial charge is 0.373 e. The van der Waals surface area contributed by atoms with Crippen LogP contribution >= 0.6 is 0 Å². The standard InChI is InChI=1S/C24H20F5N3O2/c1-32-17(11-20(31-32)24(27,28)29)21-18-8-9-19(34-18)22(21)23(33)30-12-6-7-14(16(26)10-12)13-4-2-3-5-15(13)25/h2-7,10-11,18-19,21-22H,8-9H2,1H3,(H,30,33). The Hall–Kier alpha value is -3.27. The van der Waals surface area contributed by atoms with Crippen LogP contribution in [0.3, 0.4) is 0 Å². The molecule has 34 heavy (non-hydrogen) atoms. The summed E-state index contributed by atoms with van der Waals surface area (Å²) in [5.41, 5.74) is -0.466. The second-order valence-electron chi connectivity index (χ2n) is 8.58. The van der Waals surface area contributed by atoms with Crippen molar-refractivity contribution in [3.05, 3.63) is 71.6 Å². The van der Waals surface area contributed by atoms with Crippen LogP contribution < -0.4 is 5.32 Å². The summed E-state index contributed by atoms with van der Waals surface area (Å²) in [5, 5.41) is 6.22. The highest BCUT2D eigenvalue weighted by atomic mass is 19.4. The monoisotopic (exact) mass is 477 g/mol. The van der Waals surface area contributed by atoms with Crippen molar-refractivity contribution in [3.8, 4) is 11.1 Å². The van der Waals surface area contributed by atoms with E-state index in [1.165, 1.54) is 37.4 Å². The van der Waals surface area contributed by atoms with E-state index in [1.807, 2.05) is 0 Å². The van der Waals surface area contributed by atoms with Gasteiger partial charge in [0.25, 0.3) is 0 Å². The molecule has 2 aliphatic rings. The van der Waals surface area contributed by atoms with Crippen LogP contribution in [-0.2, 0) is 22.8 Å². The third-order valence-corrected chi connectivity index (χ3v) is 6.52. The van der Waals surface area contributed by atoms with Gasteiger partial charge in [0.2, 0.25) is 5.91 Å². The van der Waals surface area contributed by atoms with Crippen LogP contribution in [0.5, 0.6) is 0 Å². The Labute approximate surface area is 191 Å². The number of amides is 1. The van der Waals surface area contributed by atoms with Crippen LogP contribution in [0.25, 0.3) is 11.1 Å². The van der Waals surface area contributed by atoms with Gasteiger partial charge >= 0.3 is 6.18 Å². The van der Waals surface area contributed by atoms with Crippen LogP contribution in [0.1, 0.15) is 30.1 Å². The number of nitrogens with zero attached hydrogens (tertiary/aromatic N) is 2. The minimum absolute atomic E-state index is 0.0480. The Bertz CT molecular complexity index is 1260. The third kappa shape index (κ3) is 3.85. The molecule has 1 N–H and O–H groups in total. The second-order valence-corrected chi connectivity index (χ2v) is 8.58. The van der Waals surface area contributed by atoms with Gasteiger partial charge < -0.3 is 10.1 Å². The summed E-state index contributed by atoms with van der Waals surface area (Å²) < 4.78 is 75.3. The molecular formula is C24H20F5N3O2. The van der Waals surface area contributed by atoms with Gasteiger partial charge in [-0.15, -0.1) is 0 Å². The number of aromatic nitrogens is 2. The van der Waals surface area contributed by atoms with E-state index >= 15 is 0 Å². The number of halogens is 5. The number of fused-ring (bicyclic) bond motifs is 2. The summed E-state index contributed by atoms with van der Waals surface area (Å²) in [4.78, 5) is 13.2. The van der Waals surface area contributed by atoms with Crippen LogP contribution in [0.2, 0.25) is 0 Å². The first kappa shape index (κ1) is 22.5. The zero-order valence-corrected chi connectivity index (χ0v) is 17.9. The molecule has 1 amide bonds. The van der Waals surface area contributed by atoms with Crippen LogP contribution in [0, 0.1) is 17.6 Å². The maximum absolute atomic E-state index is 14.7. The molecule has 0 radical (unpaired) electrons. The number of anilines is 1. The molecule has 3 aromatic rings. The zero-order valence-electron chi connectivity index (χ0n) is 17.9. The van der Waals surface area contributed by atoms with E-state index in [1.54, 1.807) is 6.07 Å². The van der Waals surface area contributed by atoms with Gasteiger partial charge in [-0.05, 0) is 43.2 Å². The Morgan fingerprint density at radius 2 is 1.74 bits per heavy atom.